The number of thiophene rings is 2. The summed E-state index contributed by atoms with van der Waals surface area (Å²) in [6.07, 6.45) is 3.31. The Balaban J connectivity index is 1.56. The number of benzene rings is 1. The van der Waals surface area contributed by atoms with Gasteiger partial charge in [-0.2, -0.15) is 0 Å². The molecule has 1 aliphatic heterocycles. The molecule has 1 saturated heterocycles. The van der Waals surface area contributed by atoms with E-state index in [2.05, 4.69) is 0 Å². The first-order valence-electron chi connectivity index (χ1n) is 9.17. The summed E-state index contributed by atoms with van der Waals surface area (Å²) in [5.74, 6) is -0.0149. The van der Waals surface area contributed by atoms with Gasteiger partial charge in [-0.25, -0.2) is 4.79 Å². The zero-order chi connectivity index (χ0) is 20.1. The molecule has 2 aromatic heterocycles. The molecule has 0 saturated carbocycles. The van der Waals surface area contributed by atoms with Crippen LogP contribution in [0.3, 0.4) is 0 Å². The van der Waals surface area contributed by atoms with E-state index in [9.17, 15) is 9.59 Å². The number of rotatable bonds is 4. The Bertz CT molecular complexity index is 979. The molecule has 0 spiro atoms. The molecule has 4 nitrogen and oxygen atoms in total. The topological polar surface area (TPSA) is 46.6 Å². The summed E-state index contributed by atoms with van der Waals surface area (Å²) < 4.78 is 5.50. The number of hydrogen-bond acceptors (Lipinski definition) is 5. The third-order valence-electron chi connectivity index (χ3n) is 4.49. The third kappa shape index (κ3) is 4.91. The Labute approximate surface area is 177 Å². The van der Waals surface area contributed by atoms with Crippen LogP contribution in [0.25, 0.3) is 12.2 Å². The normalized spacial score (nSPS) is 17.1. The van der Waals surface area contributed by atoms with E-state index in [1.54, 1.807) is 27.6 Å². The van der Waals surface area contributed by atoms with Gasteiger partial charge < -0.3 is 4.74 Å². The van der Waals surface area contributed by atoms with Crippen LogP contribution < -0.4 is 0 Å². The van der Waals surface area contributed by atoms with E-state index in [1.807, 2.05) is 77.5 Å². The fraction of sp³-hybridized carbons (Fsp3) is 0.130. The van der Waals surface area contributed by atoms with E-state index in [0.29, 0.717) is 11.1 Å². The van der Waals surface area contributed by atoms with E-state index in [-0.39, 0.29) is 25.5 Å². The van der Waals surface area contributed by atoms with Crippen molar-refractivity contribution in [3.63, 3.8) is 0 Å². The molecule has 29 heavy (non-hydrogen) atoms. The first-order valence-corrected chi connectivity index (χ1v) is 10.9. The third-order valence-corrected chi connectivity index (χ3v) is 6.13. The number of piperidine rings is 1. The quantitative estimate of drug-likeness (QED) is 0.523. The minimum absolute atomic E-state index is 0.0149. The number of ether oxygens (including phenoxy) is 1. The average Bonchev–Trinajstić information content (AvgIpc) is 3.44. The summed E-state index contributed by atoms with van der Waals surface area (Å²) >= 11 is 3.12. The Morgan fingerprint density at radius 3 is 2.00 bits per heavy atom. The van der Waals surface area contributed by atoms with Crippen LogP contribution in [0.5, 0.6) is 0 Å². The Hall–Kier alpha value is -2.96. The number of nitrogens with zero attached hydrogens (tertiary/aromatic N) is 1. The van der Waals surface area contributed by atoms with Crippen molar-refractivity contribution in [3.8, 4) is 0 Å². The van der Waals surface area contributed by atoms with Gasteiger partial charge >= 0.3 is 6.09 Å². The smallest absolute Gasteiger partial charge is 0.410 e. The fourth-order valence-electron chi connectivity index (χ4n) is 3.07. The van der Waals surface area contributed by atoms with E-state index in [4.69, 9.17) is 4.74 Å². The maximum Gasteiger partial charge on any atom is 0.410 e. The summed E-state index contributed by atoms with van der Waals surface area (Å²) in [6.45, 7) is 0.691. The van der Waals surface area contributed by atoms with Gasteiger partial charge in [0.15, 0.2) is 5.78 Å². The predicted molar refractivity (Wildman–Crippen MR) is 118 cm³/mol. The van der Waals surface area contributed by atoms with Gasteiger partial charge in [0.05, 0.1) is 13.1 Å². The van der Waals surface area contributed by atoms with Gasteiger partial charge in [-0.1, -0.05) is 42.5 Å². The second-order valence-corrected chi connectivity index (χ2v) is 8.55. The number of likely N-dealkylation sites (tertiary alicyclic amines) is 1. The lowest BCUT2D eigenvalue weighted by molar-refractivity contribution is -0.113. The first kappa shape index (κ1) is 19.4. The molecule has 4 rings (SSSR count). The van der Waals surface area contributed by atoms with Crippen molar-refractivity contribution >= 4 is 46.7 Å². The summed E-state index contributed by atoms with van der Waals surface area (Å²) in [7, 11) is 0. The molecular formula is C23H19NO3S2. The molecule has 0 atom stereocenters. The van der Waals surface area contributed by atoms with Gasteiger partial charge in [-0.15, -0.1) is 22.7 Å². The number of carbonyl (C=O) groups is 2. The second-order valence-electron chi connectivity index (χ2n) is 6.60. The summed E-state index contributed by atoms with van der Waals surface area (Å²) in [6, 6.07) is 17.4. The van der Waals surface area contributed by atoms with Crippen LogP contribution in [0.15, 0.2) is 76.5 Å². The van der Waals surface area contributed by atoms with Crippen molar-refractivity contribution in [2.75, 3.05) is 13.1 Å². The molecule has 0 aliphatic carbocycles. The highest BCUT2D eigenvalue weighted by Crippen LogP contribution is 2.25. The molecule has 1 aromatic carbocycles. The van der Waals surface area contributed by atoms with Crippen LogP contribution in [-0.2, 0) is 16.1 Å². The van der Waals surface area contributed by atoms with Crippen LogP contribution in [0.4, 0.5) is 4.79 Å². The Morgan fingerprint density at radius 2 is 1.48 bits per heavy atom. The number of carbonyl (C=O) groups excluding carboxylic acids is 2. The summed E-state index contributed by atoms with van der Waals surface area (Å²) in [4.78, 5) is 29.3. The fourth-order valence-corrected chi connectivity index (χ4v) is 4.43. The number of ketones is 1. The monoisotopic (exact) mass is 421 g/mol. The average molecular weight is 422 g/mol. The van der Waals surface area contributed by atoms with Crippen LogP contribution in [0.2, 0.25) is 0 Å². The van der Waals surface area contributed by atoms with Gasteiger partial charge in [-0.3, -0.25) is 9.69 Å². The van der Waals surface area contributed by atoms with E-state index in [0.717, 1.165) is 15.3 Å². The van der Waals surface area contributed by atoms with Crippen molar-refractivity contribution < 1.29 is 14.3 Å². The van der Waals surface area contributed by atoms with Crippen LogP contribution >= 0.6 is 22.7 Å². The lowest BCUT2D eigenvalue weighted by atomic mass is 9.97. The molecule has 0 N–H and O–H groups in total. The maximum absolute atomic E-state index is 13.0. The summed E-state index contributed by atoms with van der Waals surface area (Å²) in [5, 5.41) is 3.93. The van der Waals surface area contributed by atoms with E-state index >= 15 is 0 Å². The molecule has 3 heterocycles. The number of Topliss-reactive ketones (excluding diaryl/α,β-unsaturated/α-hetero) is 1. The number of amides is 1. The highest BCUT2D eigenvalue weighted by Gasteiger charge is 2.30. The van der Waals surface area contributed by atoms with Gasteiger partial charge in [-0.05, 0) is 40.6 Å². The van der Waals surface area contributed by atoms with Crippen molar-refractivity contribution in [2.24, 2.45) is 0 Å². The van der Waals surface area contributed by atoms with Gasteiger partial charge in [0.25, 0.3) is 0 Å². The molecule has 0 unspecified atom stereocenters. The molecule has 146 valence electrons. The standard InChI is InChI=1S/C23H19NO3S2/c25-22-18(12-20-8-4-10-28-20)14-24(15-19(22)13-21-9-5-11-29-21)23(26)27-16-17-6-2-1-3-7-17/h1-13H,14-16H2/b18-12-,19-13-. The lowest BCUT2D eigenvalue weighted by Gasteiger charge is -2.29. The summed E-state index contributed by atoms with van der Waals surface area (Å²) in [5.41, 5.74) is 2.12. The van der Waals surface area contributed by atoms with Crippen molar-refractivity contribution in [2.45, 2.75) is 6.61 Å². The molecule has 1 fully saturated rings. The Kier molecular flexibility index (Phi) is 6.03. The van der Waals surface area contributed by atoms with Crippen molar-refractivity contribution in [1.29, 1.82) is 0 Å². The molecule has 6 heteroatoms. The highest BCUT2D eigenvalue weighted by atomic mass is 32.1. The SMILES string of the molecule is O=C1/C(=C\c2cccs2)CN(C(=O)OCc2ccccc2)C/C1=C/c1cccs1. The van der Waals surface area contributed by atoms with Gasteiger partial charge in [0.2, 0.25) is 0 Å². The highest BCUT2D eigenvalue weighted by molar-refractivity contribution is 7.11. The zero-order valence-electron chi connectivity index (χ0n) is 15.6. The van der Waals surface area contributed by atoms with Crippen LogP contribution in [0.1, 0.15) is 15.3 Å². The van der Waals surface area contributed by atoms with Crippen molar-refractivity contribution in [1.82, 2.24) is 4.90 Å². The van der Waals surface area contributed by atoms with E-state index < -0.39 is 6.09 Å². The second kappa shape index (κ2) is 9.03. The van der Waals surface area contributed by atoms with Gasteiger partial charge in [0.1, 0.15) is 6.61 Å². The molecule has 0 radical (unpaired) electrons. The number of hydrogen-bond donors (Lipinski definition) is 0. The molecule has 1 amide bonds. The van der Waals surface area contributed by atoms with Crippen LogP contribution in [-0.4, -0.2) is 29.9 Å². The van der Waals surface area contributed by atoms with E-state index in [1.165, 1.54) is 0 Å². The van der Waals surface area contributed by atoms with Crippen LogP contribution in [0, 0.1) is 0 Å². The minimum atomic E-state index is -0.421. The first-order chi connectivity index (χ1) is 14.2. The largest absolute Gasteiger partial charge is 0.445 e. The van der Waals surface area contributed by atoms with Crippen molar-refractivity contribution in [3.05, 3.63) is 91.8 Å². The molecule has 3 aromatic rings. The molecule has 1 aliphatic rings. The Morgan fingerprint density at radius 1 is 0.897 bits per heavy atom. The molecular weight excluding hydrogens is 402 g/mol. The predicted octanol–water partition coefficient (Wildman–Crippen LogP) is 5.50. The zero-order valence-corrected chi connectivity index (χ0v) is 17.2. The molecule has 0 bridgehead atoms. The minimum Gasteiger partial charge on any atom is -0.445 e. The van der Waals surface area contributed by atoms with Gasteiger partial charge in [0, 0.05) is 20.9 Å². The lowest BCUT2D eigenvalue weighted by Crippen LogP contribution is -2.41. The maximum atomic E-state index is 13.0.